The molecule has 124 valence electrons. The van der Waals surface area contributed by atoms with Gasteiger partial charge in [-0.2, -0.15) is 0 Å². The Labute approximate surface area is 131 Å². The Bertz CT molecular complexity index is 272. The van der Waals surface area contributed by atoms with Gasteiger partial charge >= 0.3 is 40.7 Å². The second-order valence-electron chi connectivity index (χ2n) is 3.09. The molecule has 0 rings (SSSR count). The molecule has 0 aromatic rings. The van der Waals surface area contributed by atoms with Gasteiger partial charge in [0.15, 0.2) is 0 Å². The van der Waals surface area contributed by atoms with E-state index in [4.69, 9.17) is 26.2 Å². The van der Waals surface area contributed by atoms with E-state index in [9.17, 15) is 19.2 Å². The zero-order chi connectivity index (χ0) is 16.7. The minimum Gasteiger partial charge on any atom is -0.676 e. The normalized spacial score (nSPS) is 8.19. The van der Waals surface area contributed by atoms with Gasteiger partial charge in [-0.15, -0.1) is 6.54 Å². The molecule has 0 radical (unpaired) electrons. The summed E-state index contributed by atoms with van der Waals surface area (Å²) in [6.45, 7) is 7.86. The van der Waals surface area contributed by atoms with Crippen LogP contribution in [-0.4, -0.2) is 75.4 Å². The molecule has 0 bridgehead atoms. The van der Waals surface area contributed by atoms with Crippen LogP contribution in [0, 0.1) is 0 Å². The van der Waals surface area contributed by atoms with Crippen LogP contribution in [0.5, 0.6) is 0 Å². The molecule has 0 saturated carbocycles. The number of likely N-dealkylation sites (N-methyl/N-ethyl adjacent to an activating group) is 1. The van der Waals surface area contributed by atoms with Gasteiger partial charge in [0.25, 0.3) is 0 Å². The average molecular weight is 358 g/mol. The van der Waals surface area contributed by atoms with E-state index in [1.807, 2.05) is 0 Å². The fraction of sp³-hybridized carbons (Fsp3) is 0.600. The van der Waals surface area contributed by atoms with E-state index in [1.54, 1.807) is 0 Å². The smallest absolute Gasteiger partial charge is 0.676 e. The van der Waals surface area contributed by atoms with Gasteiger partial charge in [-0.25, -0.2) is 0 Å². The molecule has 10 nitrogen and oxygen atoms in total. The van der Waals surface area contributed by atoms with Crippen molar-refractivity contribution in [2.45, 2.75) is 13.8 Å². The molecule has 0 heterocycles. The van der Waals surface area contributed by atoms with Gasteiger partial charge in [0.05, 0.1) is 19.2 Å². The molecule has 9 N–H and O–H groups in total. The van der Waals surface area contributed by atoms with E-state index in [0.717, 1.165) is 19.6 Å². The van der Waals surface area contributed by atoms with Crippen molar-refractivity contribution in [2.24, 2.45) is 0 Å². The first-order valence-electron chi connectivity index (χ1n) is 5.53. The van der Waals surface area contributed by atoms with Crippen molar-refractivity contribution in [3.05, 3.63) is 5.73 Å². The molecular formula is C10H23CoN2O8+6. The van der Waals surface area contributed by atoms with Crippen LogP contribution in [-0.2, 0) is 36.0 Å². The van der Waals surface area contributed by atoms with Gasteiger partial charge in [-0.05, 0) is 19.6 Å². The zero-order valence-electron chi connectivity index (χ0n) is 11.7. The van der Waals surface area contributed by atoms with Gasteiger partial charge in [-0.1, -0.05) is 13.8 Å². The van der Waals surface area contributed by atoms with Crippen LogP contribution in [0.4, 0.5) is 0 Å². The van der Waals surface area contributed by atoms with Crippen LogP contribution in [0.15, 0.2) is 0 Å². The predicted molar refractivity (Wildman–Crippen MR) is 71.5 cm³/mol. The van der Waals surface area contributed by atoms with Crippen molar-refractivity contribution in [3.8, 4) is 0 Å². The van der Waals surface area contributed by atoms with Crippen LogP contribution in [0.3, 0.4) is 0 Å². The van der Waals surface area contributed by atoms with Gasteiger partial charge in [0.2, 0.25) is 0 Å². The van der Waals surface area contributed by atoms with Crippen LogP contribution in [0.2, 0.25) is 0 Å². The number of nitrogens with zero attached hydrogens (tertiary/aromatic N) is 1. The maximum atomic E-state index is 9.27. The second-order valence-corrected chi connectivity index (χ2v) is 3.09. The number of carbonyl (C=O) groups excluding carboxylic acids is 4. The molecule has 21 heavy (non-hydrogen) atoms. The molecule has 0 aromatic heterocycles. The van der Waals surface area contributed by atoms with Crippen molar-refractivity contribution >= 4 is 23.9 Å². The van der Waals surface area contributed by atoms with Crippen molar-refractivity contribution in [1.82, 2.24) is 4.90 Å². The Morgan fingerprint density at radius 3 is 1.10 bits per heavy atom. The standard InChI is InChI=1S/C6H15N2.2C2H2O4.Co/c1-3-8(4-2)6-5-7;2*3-1(4)2(5)6;/h7H,3-6H2,1-2H3;2*(H,3,4)(H,5,6);/q-1;;;+3/p+4. The van der Waals surface area contributed by atoms with Crippen LogP contribution in [0.1, 0.15) is 13.8 Å². The number of rotatable bonds is 4. The van der Waals surface area contributed by atoms with Crippen molar-refractivity contribution < 1.29 is 56.4 Å². The summed E-state index contributed by atoms with van der Waals surface area (Å²) in [5.74, 6) is -5.85. The Morgan fingerprint density at radius 2 is 1.05 bits per heavy atom. The summed E-state index contributed by atoms with van der Waals surface area (Å²) >= 11 is 0. The van der Waals surface area contributed by atoms with Crippen molar-refractivity contribution in [1.29, 1.82) is 0 Å². The molecule has 0 aliphatic rings. The van der Waals surface area contributed by atoms with E-state index in [2.05, 4.69) is 18.7 Å². The number of hydrogen-bond donors (Lipinski definition) is 0. The number of carbonyl (C=O) groups is 4. The first kappa shape index (κ1) is 27.6. The third-order valence-corrected chi connectivity index (χ3v) is 1.73. The summed E-state index contributed by atoms with van der Waals surface area (Å²) in [5, 5.41) is 23.4. The van der Waals surface area contributed by atoms with Crippen molar-refractivity contribution in [2.75, 3.05) is 26.2 Å². The molecule has 0 aliphatic carbocycles. The summed E-state index contributed by atoms with van der Waals surface area (Å²) in [6.07, 6.45) is 0. The van der Waals surface area contributed by atoms with Gasteiger partial charge in [-0.3, -0.25) is 0 Å². The Kier molecular flexibility index (Phi) is 24.1. The minimum absolute atomic E-state index is 0. The monoisotopic (exact) mass is 358 g/mol. The van der Waals surface area contributed by atoms with Crippen molar-refractivity contribution in [3.63, 3.8) is 0 Å². The van der Waals surface area contributed by atoms with E-state index in [-0.39, 0.29) is 16.8 Å². The minimum atomic E-state index is -1.46. The third kappa shape index (κ3) is 27.5. The summed E-state index contributed by atoms with van der Waals surface area (Å²) in [6, 6.07) is 0. The average Bonchev–Trinajstić information content (AvgIpc) is 2.37. The molecule has 0 unspecified atom stereocenters. The quantitative estimate of drug-likeness (QED) is 0.369. The van der Waals surface area contributed by atoms with Gasteiger partial charge < -0.3 is 31.1 Å². The Morgan fingerprint density at radius 1 is 0.810 bits per heavy atom. The molecule has 0 aromatic carbocycles. The maximum absolute atomic E-state index is 9.27. The summed E-state index contributed by atoms with van der Waals surface area (Å²) in [4.78, 5) is 39.3. The fourth-order valence-corrected chi connectivity index (χ4v) is 0.698. The Balaban J connectivity index is -0.000000102. The largest absolute Gasteiger partial charge is 3.00 e. The van der Waals surface area contributed by atoms with E-state index < -0.39 is 23.9 Å². The maximum Gasteiger partial charge on any atom is 3.00 e. The van der Waals surface area contributed by atoms with Crippen LogP contribution in [0.25, 0.3) is 5.73 Å². The van der Waals surface area contributed by atoms with Crippen LogP contribution >= 0.6 is 0 Å². The van der Waals surface area contributed by atoms with E-state index >= 15 is 0 Å². The molecule has 0 amide bonds. The molecule has 0 aliphatic heterocycles. The SMILES string of the molecule is CCN(CC)CC[NH-].O=C([OH2+])C(=O)[OH2+].O=C([OH2+])C(=O)[OH2+].[Co+3]. The summed E-state index contributed by atoms with van der Waals surface area (Å²) in [7, 11) is 0. The molecule has 0 fully saturated rings. The first-order chi connectivity index (χ1) is 9.13. The van der Waals surface area contributed by atoms with E-state index in [0.29, 0.717) is 6.54 Å². The molecule has 11 heteroatoms. The zero-order valence-corrected chi connectivity index (χ0v) is 12.8. The number of nitrogens with one attached hydrogen (secondary N) is 1. The van der Waals surface area contributed by atoms with Crippen LogP contribution < -0.4 is 0 Å². The predicted octanol–water partition coefficient (Wildman–Crippen LogP) is -3.64. The third-order valence-electron chi connectivity index (χ3n) is 1.73. The van der Waals surface area contributed by atoms with Gasteiger partial charge in [0.1, 0.15) is 0 Å². The fourth-order valence-electron chi connectivity index (χ4n) is 0.698. The summed E-state index contributed by atoms with van der Waals surface area (Å²) in [5.41, 5.74) is 6.90. The van der Waals surface area contributed by atoms with Gasteiger partial charge in [0, 0.05) is 0 Å². The molecular weight excluding hydrogens is 335 g/mol. The summed E-state index contributed by atoms with van der Waals surface area (Å²) < 4.78 is 0. The topological polar surface area (TPSA) is 187 Å². The second kappa shape index (κ2) is 18.3. The van der Waals surface area contributed by atoms with E-state index in [1.165, 1.54) is 0 Å². The number of hydrogen-bond acceptors (Lipinski definition) is 5. The Hall–Kier alpha value is -1.69. The molecule has 0 atom stereocenters. The first-order valence-corrected chi connectivity index (χ1v) is 5.53. The molecule has 0 saturated heterocycles. The molecule has 0 spiro atoms.